The van der Waals surface area contributed by atoms with Gasteiger partial charge in [0.2, 0.25) is 5.91 Å². The zero-order chi connectivity index (χ0) is 25.3. The zero-order valence-corrected chi connectivity index (χ0v) is 20.8. The van der Waals surface area contributed by atoms with Gasteiger partial charge in [-0.15, -0.1) is 11.8 Å². The second kappa shape index (κ2) is 9.83. The quantitative estimate of drug-likeness (QED) is 0.277. The minimum Gasteiger partial charge on any atom is -0.484 e. The molecule has 2 aliphatic rings. The highest BCUT2D eigenvalue weighted by atomic mass is 32.2. The van der Waals surface area contributed by atoms with Crippen LogP contribution in [0.2, 0.25) is 0 Å². The number of rotatable bonds is 10. The Kier molecular flexibility index (Phi) is 7.47. The topological polar surface area (TPSA) is 122 Å². The average Bonchev–Trinajstić information content (AvgIpc) is 2.97. The Balaban J connectivity index is 1.63. The molecule has 186 valence electrons. The van der Waals surface area contributed by atoms with Crippen molar-refractivity contribution < 1.29 is 38.2 Å². The molecule has 0 spiro atoms. The third-order valence-corrected chi connectivity index (χ3v) is 7.10. The average molecular weight is 495 g/mol. The summed E-state index contributed by atoms with van der Waals surface area (Å²) in [5, 5.41) is 11.5. The van der Waals surface area contributed by atoms with E-state index in [0.717, 1.165) is 0 Å². The maximum absolute atomic E-state index is 13.1. The first kappa shape index (κ1) is 25.8. The molecule has 2 fully saturated rings. The second-order valence-corrected chi connectivity index (χ2v) is 11.8. The molecule has 0 saturated carbocycles. The number of esters is 1. The van der Waals surface area contributed by atoms with Gasteiger partial charge in [-0.3, -0.25) is 14.4 Å². The fourth-order valence-electron chi connectivity index (χ4n) is 4.19. The molecular formula is C23H32N3O7S+. The number of carboxylic acid groups (broad SMARTS) is 1. The molecule has 4 atom stereocenters. The first-order valence-electron chi connectivity index (χ1n) is 11.0. The van der Waals surface area contributed by atoms with Gasteiger partial charge in [0.25, 0.3) is 5.91 Å². The number of hydrogen-bond acceptors (Lipinski definition) is 7. The molecule has 0 aliphatic carbocycles. The van der Waals surface area contributed by atoms with Crippen molar-refractivity contribution in [2.75, 3.05) is 34.3 Å². The number of carboxylic acids is 1. The van der Waals surface area contributed by atoms with Crippen molar-refractivity contribution in [2.24, 2.45) is 0 Å². The number of nitrogens with zero attached hydrogens (tertiary/aromatic N) is 2. The molecule has 2 N–H and O–H groups in total. The molecule has 11 heteroatoms. The largest absolute Gasteiger partial charge is 0.484 e. The molecule has 2 amide bonds. The van der Waals surface area contributed by atoms with Crippen LogP contribution in [0.25, 0.3) is 0 Å². The van der Waals surface area contributed by atoms with Gasteiger partial charge in [0, 0.05) is 4.75 Å². The second-order valence-electron chi connectivity index (χ2n) is 10.0. The molecule has 1 unspecified atom stereocenters. The lowest BCUT2D eigenvalue weighted by Crippen LogP contribution is -2.71. The fourth-order valence-corrected chi connectivity index (χ4v) is 5.81. The van der Waals surface area contributed by atoms with Gasteiger partial charge in [0.05, 0.1) is 27.6 Å². The monoisotopic (exact) mass is 494 g/mol. The summed E-state index contributed by atoms with van der Waals surface area (Å²) in [6, 6.07) is 7.22. The van der Waals surface area contributed by atoms with Crippen molar-refractivity contribution in [1.82, 2.24) is 10.2 Å². The van der Waals surface area contributed by atoms with Crippen LogP contribution < -0.4 is 10.1 Å². The van der Waals surface area contributed by atoms with Crippen molar-refractivity contribution >= 4 is 35.5 Å². The van der Waals surface area contributed by atoms with Crippen molar-refractivity contribution in [1.29, 1.82) is 0 Å². The SMILES string of the molecule is CC1(C)S[C@@H]2[C@H](NC(=O)COc3ccccc3)C(=O)N2[C@H]1C(=O)OC(CC(=O)O)C[N+](C)(C)C. The van der Waals surface area contributed by atoms with Crippen LogP contribution in [0.1, 0.15) is 20.3 Å². The van der Waals surface area contributed by atoms with Crippen molar-refractivity contribution in [2.45, 2.75) is 48.6 Å². The molecule has 3 rings (SSSR count). The predicted molar refractivity (Wildman–Crippen MR) is 125 cm³/mol. The summed E-state index contributed by atoms with van der Waals surface area (Å²) in [6.45, 7) is 3.75. The molecule has 1 aromatic carbocycles. The summed E-state index contributed by atoms with van der Waals surface area (Å²) in [6.07, 6.45) is -1.15. The van der Waals surface area contributed by atoms with E-state index in [2.05, 4.69) is 5.32 Å². The Hall–Kier alpha value is -2.79. The Morgan fingerprint density at radius 3 is 2.44 bits per heavy atom. The number of carbonyl (C=O) groups is 4. The van der Waals surface area contributed by atoms with E-state index < -0.39 is 46.2 Å². The van der Waals surface area contributed by atoms with Gasteiger partial charge < -0.3 is 29.3 Å². The summed E-state index contributed by atoms with van der Waals surface area (Å²) < 4.78 is 10.8. The maximum atomic E-state index is 13.1. The number of thioether (sulfide) groups is 1. The van der Waals surface area contributed by atoms with Gasteiger partial charge in [0.1, 0.15) is 29.8 Å². The van der Waals surface area contributed by atoms with Crippen LogP contribution in [0.15, 0.2) is 30.3 Å². The Morgan fingerprint density at radius 2 is 1.85 bits per heavy atom. The number of fused-ring (bicyclic) bond motifs is 1. The lowest BCUT2D eigenvalue weighted by Gasteiger charge is -2.44. The third kappa shape index (κ3) is 6.01. The Morgan fingerprint density at radius 1 is 1.21 bits per heavy atom. The number of aliphatic carboxylic acids is 1. The molecule has 0 aromatic heterocycles. The smallest absolute Gasteiger partial charge is 0.330 e. The first-order valence-corrected chi connectivity index (χ1v) is 11.9. The van der Waals surface area contributed by atoms with Gasteiger partial charge >= 0.3 is 11.9 Å². The van der Waals surface area contributed by atoms with Gasteiger partial charge in [-0.05, 0) is 26.0 Å². The molecule has 10 nitrogen and oxygen atoms in total. The number of para-hydroxylation sites is 1. The molecule has 2 aliphatic heterocycles. The minimum absolute atomic E-state index is 0.234. The van der Waals surface area contributed by atoms with E-state index in [9.17, 15) is 24.3 Å². The molecule has 0 bridgehead atoms. The standard InChI is InChI=1S/C23H31N3O7S/c1-23(2)19(22(31)33-15(11-17(28)29)12-26(3,4)5)25-20(30)18(21(25)34-23)24-16(27)13-32-14-9-7-6-8-10-14/h6-10,15,18-19,21H,11-13H2,1-5H3,(H-,24,27,28,29)/p+1/t15?,18-,19+,21-/m1/s1. The van der Waals surface area contributed by atoms with Crippen LogP contribution >= 0.6 is 11.8 Å². The first-order chi connectivity index (χ1) is 15.8. The summed E-state index contributed by atoms with van der Waals surface area (Å²) in [5.41, 5.74) is 0. The number of carbonyl (C=O) groups excluding carboxylic acids is 3. The highest BCUT2D eigenvalue weighted by Gasteiger charge is 2.64. The van der Waals surface area contributed by atoms with Crippen molar-refractivity contribution in [3.63, 3.8) is 0 Å². The number of amides is 2. The van der Waals surface area contributed by atoms with Gasteiger partial charge in [-0.25, -0.2) is 4.79 Å². The van der Waals surface area contributed by atoms with E-state index in [4.69, 9.17) is 9.47 Å². The normalized spacial score (nSPS) is 24.0. The van der Waals surface area contributed by atoms with E-state index in [-0.39, 0.29) is 18.9 Å². The fraction of sp³-hybridized carbons (Fsp3) is 0.565. The molecule has 2 saturated heterocycles. The maximum Gasteiger partial charge on any atom is 0.330 e. The van der Waals surface area contributed by atoms with Gasteiger partial charge in [-0.1, -0.05) is 18.2 Å². The lowest BCUT2D eigenvalue weighted by molar-refractivity contribution is -0.873. The summed E-state index contributed by atoms with van der Waals surface area (Å²) in [5.74, 6) is -1.96. The van der Waals surface area contributed by atoms with E-state index in [1.54, 1.807) is 24.3 Å². The van der Waals surface area contributed by atoms with Gasteiger partial charge in [0.15, 0.2) is 12.7 Å². The van der Waals surface area contributed by atoms with Crippen molar-refractivity contribution in [3.05, 3.63) is 30.3 Å². The number of ether oxygens (including phenoxy) is 2. The van der Waals surface area contributed by atoms with Crippen LogP contribution in [-0.2, 0) is 23.9 Å². The van der Waals surface area contributed by atoms with Crippen molar-refractivity contribution in [3.8, 4) is 5.75 Å². The van der Waals surface area contributed by atoms with Crippen LogP contribution in [0.3, 0.4) is 0 Å². The highest BCUT2D eigenvalue weighted by Crippen LogP contribution is 2.51. The number of likely N-dealkylation sites (N-methyl/N-ethyl adjacent to an activating group) is 1. The number of benzene rings is 1. The summed E-state index contributed by atoms with van der Waals surface area (Å²) in [4.78, 5) is 51.1. The van der Waals surface area contributed by atoms with E-state index >= 15 is 0 Å². The van der Waals surface area contributed by atoms with Gasteiger partial charge in [-0.2, -0.15) is 0 Å². The Bertz CT molecular complexity index is 948. The molecule has 1 aromatic rings. The Labute approximate surface area is 203 Å². The number of β-lactam (4-membered cyclic amide) rings is 1. The van der Waals surface area contributed by atoms with E-state index in [1.807, 2.05) is 41.1 Å². The number of nitrogens with one attached hydrogen (secondary N) is 1. The van der Waals surface area contributed by atoms with Crippen LogP contribution in [0.4, 0.5) is 0 Å². The summed E-state index contributed by atoms with van der Waals surface area (Å²) >= 11 is 1.40. The lowest BCUT2D eigenvalue weighted by atomic mass is 9.96. The van der Waals surface area contributed by atoms with Crippen LogP contribution in [0, 0.1) is 0 Å². The molecule has 0 radical (unpaired) electrons. The summed E-state index contributed by atoms with van der Waals surface area (Å²) in [7, 11) is 5.63. The number of hydrogen-bond donors (Lipinski definition) is 2. The zero-order valence-electron chi connectivity index (χ0n) is 20.0. The molecule has 34 heavy (non-hydrogen) atoms. The molecule has 2 heterocycles. The van der Waals surface area contributed by atoms with E-state index in [1.165, 1.54) is 16.7 Å². The predicted octanol–water partition coefficient (Wildman–Crippen LogP) is 0.705. The highest BCUT2D eigenvalue weighted by molar-refractivity contribution is 8.01. The molecular weight excluding hydrogens is 462 g/mol. The van der Waals surface area contributed by atoms with E-state index in [0.29, 0.717) is 16.8 Å². The third-order valence-electron chi connectivity index (χ3n) is 5.53. The van der Waals surface area contributed by atoms with Crippen LogP contribution in [0.5, 0.6) is 5.75 Å². The number of quaternary nitrogens is 1. The van der Waals surface area contributed by atoms with Crippen LogP contribution in [-0.4, -0.2) is 101 Å². The minimum atomic E-state index is -1.07.